The average molecular weight is 390 g/mol. The van der Waals surface area contributed by atoms with E-state index >= 15 is 0 Å². The molecule has 4 nitrogen and oxygen atoms in total. The molecule has 0 heterocycles. The van der Waals surface area contributed by atoms with Crippen molar-refractivity contribution in [1.82, 2.24) is 0 Å². The highest BCUT2D eigenvalue weighted by atomic mass is 32.2. The third kappa shape index (κ3) is 4.55. The van der Waals surface area contributed by atoms with Crippen LogP contribution in [-0.4, -0.2) is 18.8 Å². The predicted octanol–water partition coefficient (Wildman–Crippen LogP) is 5.21. The van der Waals surface area contributed by atoms with Crippen LogP contribution in [0.5, 0.6) is 5.75 Å². The quantitative estimate of drug-likeness (QED) is 0.720. The topological polar surface area (TPSA) is 78.2 Å². The minimum atomic E-state index is -3.62. The summed E-state index contributed by atoms with van der Waals surface area (Å²) in [5, 5.41) is 19.9. The second-order valence-corrected chi connectivity index (χ2v) is 11.7. The molecule has 0 aromatic heterocycles. The van der Waals surface area contributed by atoms with Gasteiger partial charge in [-0.15, -0.1) is 0 Å². The summed E-state index contributed by atoms with van der Waals surface area (Å²) < 4.78 is 25.7. The molecule has 1 aromatic carbocycles. The molecule has 0 saturated heterocycles. The molecule has 27 heavy (non-hydrogen) atoms. The molecule has 1 aliphatic rings. The monoisotopic (exact) mass is 389 g/mol. The van der Waals surface area contributed by atoms with Crippen molar-refractivity contribution in [3.8, 4) is 11.8 Å². The summed E-state index contributed by atoms with van der Waals surface area (Å²) in [5.41, 5.74) is 1.50. The van der Waals surface area contributed by atoms with Crippen LogP contribution in [0.4, 0.5) is 0 Å². The Balaban J connectivity index is 2.66. The lowest BCUT2D eigenvalue weighted by molar-refractivity contribution is 0.423. The zero-order valence-corrected chi connectivity index (χ0v) is 18.1. The van der Waals surface area contributed by atoms with Crippen LogP contribution in [0.2, 0.25) is 0 Å². The van der Waals surface area contributed by atoms with Gasteiger partial charge >= 0.3 is 0 Å². The number of allylic oxidation sites excluding steroid dienone is 1. The molecule has 0 spiro atoms. The smallest absolute Gasteiger partial charge is 0.191 e. The summed E-state index contributed by atoms with van der Waals surface area (Å²) in [6.45, 7) is 12.0. The molecule has 1 aromatic rings. The second kappa shape index (κ2) is 7.31. The first-order valence-electron chi connectivity index (χ1n) is 9.52. The molecule has 0 amide bonds. The van der Waals surface area contributed by atoms with Gasteiger partial charge in [0.25, 0.3) is 0 Å². The Morgan fingerprint density at radius 2 is 1.52 bits per heavy atom. The zero-order valence-electron chi connectivity index (χ0n) is 17.3. The number of hydrogen-bond donors (Lipinski definition) is 1. The number of rotatable bonds is 3. The fourth-order valence-corrected chi connectivity index (χ4v) is 5.33. The Labute approximate surface area is 163 Å². The van der Waals surface area contributed by atoms with Crippen LogP contribution in [0.15, 0.2) is 17.0 Å². The molecule has 1 saturated carbocycles. The Kier molecular flexibility index (Phi) is 5.82. The fourth-order valence-electron chi connectivity index (χ4n) is 3.59. The molecule has 0 unspecified atom stereocenters. The van der Waals surface area contributed by atoms with Gasteiger partial charge in [-0.3, -0.25) is 0 Å². The number of nitriles is 1. The van der Waals surface area contributed by atoms with E-state index in [0.29, 0.717) is 18.4 Å². The van der Waals surface area contributed by atoms with E-state index in [9.17, 15) is 18.8 Å². The van der Waals surface area contributed by atoms with Crippen LogP contribution in [0.3, 0.4) is 0 Å². The lowest BCUT2D eigenvalue weighted by atomic mass is 9.78. The number of aromatic hydroxyl groups is 1. The van der Waals surface area contributed by atoms with Crippen molar-refractivity contribution in [2.45, 2.75) is 83.3 Å². The van der Waals surface area contributed by atoms with Crippen molar-refractivity contribution < 1.29 is 13.5 Å². The van der Waals surface area contributed by atoms with Gasteiger partial charge in [0.1, 0.15) is 16.7 Å². The highest BCUT2D eigenvalue weighted by Crippen LogP contribution is 2.40. The van der Waals surface area contributed by atoms with Crippen molar-refractivity contribution in [3.63, 3.8) is 0 Å². The summed E-state index contributed by atoms with van der Waals surface area (Å²) in [4.78, 5) is -0.181. The van der Waals surface area contributed by atoms with Gasteiger partial charge in [-0.1, -0.05) is 54.4 Å². The molecule has 0 radical (unpaired) electrons. The molecule has 1 aliphatic carbocycles. The van der Waals surface area contributed by atoms with Crippen LogP contribution in [0, 0.1) is 11.3 Å². The average Bonchev–Trinajstić information content (AvgIpc) is 3.06. The van der Waals surface area contributed by atoms with Crippen molar-refractivity contribution in [3.05, 3.63) is 33.7 Å². The summed E-state index contributed by atoms with van der Waals surface area (Å²) in [7, 11) is -3.62. The standard InChI is InChI=1S/C22H31NO3S/c1-21(2,3)18-12-15(13-19(20(18)24)22(4,5)6)11-17(14-23)27(25,26)16-9-7-8-10-16/h11-13,16,24H,7-10H2,1-6H3/b17-11+. The SMILES string of the molecule is CC(C)(C)c1cc(/C=C(\C#N)S(=O)(=O)C2CCCC2)cc(C(C)(C)C)c1O. The minimum absolute atomic E-state index is 0.181. The predicted molar refractivity (Wildman–Crippen MR) is 110 cm³/mol. The number of sulfone groups is 1. The van der Waals surface area contributed by atoms with E-state index in [1.165, 1.54) is 6.08 Å². The number of nitrogens with zero attached hydrogens (tertiary/aromatic N) is 1. The molecule has 1 N–H and O–H groups in total. The van der Waals surface area contributed by atoms with Crippen LogP contribution in [0.25, 0.3) is 6.08 Å². The molecule has 5 heteroatoms. The van der Waals surface area contributed by atoms with E-state index in [1.54, 1.807) is 12.1 Å². The van der Waals surface area contributed by atoms with Gasteiger partial charge in [0.15, 0.2) is 9.84 Å². The Bertz CT molecular complexity index is 850. The fraction of sp³-hybridized carbons (Fsp3) is 0.591. The van der Waals surface area contributed by atoms with Crippen LogP contribution >= 0.6 is 0 Å². The van der Waals surface area contributed by atoms with Gasteiger partial charge in [0.05, 0.1) is 5.25 Å². The van der Waals surface area contributed by atoms with Gasteiger partial charge in [-0.05, 0) is 47.4 Å². The van der Waals surface area contributed by atoms with E-state index in [-0.39, 0.29) is 21.5 Å². The normalized spacial score (nSPS) is 17.1. The van der Waals surface area contributed by atoms with Crippen molar-refractivity contribution in [1.29, 1.82) is 5.26 Å². The van der Waals surface area contributed by atoms with Gasteiger partial charge < -0.3 is 5.11 Å². The number of phenolic OH excluding ortho intramolecular Hbond substituents is 1. The van der Waals surface area contributed by atoms with Crippen LogP contribution < -0.4 is 0 Å². The van der Waals surface area contributed by atoms with Gasteiger partial charge in [0.2, 0.25) is 0 Å². The largest absolute Gasteiger partial charge is 0.507 e. The molecule has 2 rings (SSSR count). The number of phenols is 1. The van der Waals surface area contributed by atoms with Crippen LogP contribution in [-0.2, 0) is 20.7 Å². The number of benzene rings is 1. The molecule has 0 aliphatic heterocycles. The van der Waals surface area contributed by atoms with E-state index in [2.05, 4.69) is 0 Å². The molecular formula is C22H31NO3S. The van der Waals surface area contributed by atoms with Gasteiger partial charge in [0, 0.05) is 11.1 Å². The molecular weight excluding hydrogens is 358 g/mol. The van der Waals surface area contributed by atoms with Crippen molar-refractivity contribution >= 4 is 15.9 Å². The first-order valence-corrected chi connectivity index (χ1v) is 11.1. The Morgan fingerprint density at radius 3 is 1.89 bits per heavy atom. The second-order valence-electron chi connectivity index (χ2n) is 9.54. The van der Waals surface area contributed by atoms with Gasteiger partial charge in [-0.25, -0.2) is 8.42 Å². The summed E-state index contributed by atoms with van der Waals surface area (Å²) in [6, 6.07) is 5.50. The third-order valence-corrected chi connectivity index (χ3v) is 7.38. The Hall–Kier alpha value is -1.80. The molecule has 0 atom stereocenters. The summed E-state index contributed by atoms with van der Waals surface area (Å²) in [5.74, 6) is 0.240. The maximum atomic E-state index is 12.9. The highest BCUT2D eigenvalue weighted by Gasteiger charge is 2.32. The van der Waals surface area contributed by atoms with E-state index in [1.807, 2.05) is 47.6 Å². The maximum Gasteiger partial charge on any atom is 0.191 e. The third-order valence-electron chi connectivity index (χ3n) is 5.20. The Morgan fingerprint density at radius 1 is 1.07 bits per heavy atom. The minimum Gasteiger partial charge on any atom is -0.507 e. The summed E-state index contributed by atoms with van der Waals surface area (Å²) in [6.07, 6.45) is 4.50. The molecule has 148 valence electrons. The first-order chi connectivity index (χ1) is 12.3. The van der Waals surface area contributed by atoms with Crippen molar-refractivity contribution in [2.75, 3.05) is 0 Å². The number of hydrogen-bond acceptors (Lipinski definition) is 4. The lowest BCUT2D eigenvalue weighted by Gasteiger charge is -2.28. The van der Waals surface area contributed by atoms with E-state index < -0.39 is 15.1 Å². The lowest BCUT2D eigenvalue weighted by Crippen LogP contribution is -2.19. The van der Waals surface area contributed by atoms with Gasteiger partial charge in [-0.2, -0.15) is 5.26 Å². The molecule has 1 fully saturated rings. The van der Waals surface area contributed by atoms with Crippen LogP contribution in [0.1, 0.15) is 83.9 Å². The zero-order chi connectivity index (χ0) is 20.6. The van der Waals surface area contributed by atoms with E-state index in [0.717, 1.165) is 24.0 Å². The molecule has 0 bridgehead atoms. The summed E-state index contributed by atoms with van der Waals surface area (Å²) >= 11 is 0. The first kappa shape index (κ1) is 21.5. The van der Waals surface area contributed by atoms with Crippen molar-refractivity contribution in [2.24, 2.45) is 0 Å². The maximum absolute atomic E-state index is 12.9. The highest BCUT2D eigenvalue weighted by molar-refractivity contribution is 7.96. The van der Waals surface area contributed by atoms with E-state index in [4.69, 9.17) is 0 Å².